The fraction of sp³-hybridized carbons (Fsp3) is 0.0333. The zero-order valence-corrected chi connectivity index (χ0v) is 26.3. The second-order valence-corrected chi connectivity index (χ2v) is 12.0. The summed E-state index contributed by atoms with van der Waals surface area (Å²) in [6.07, 6.45) is 1.63. The van der Waals surface area contributed by atoms with Crippen LogP contribution in [-0.4, -0.2) is 15.9 Å². The third-order valence-corrected chi connectivity index (χ3v) is 8.18. The molecule has 2 heterocycles. The van der Waals surface area contributed by atoms with Gasteiger partial charge in [-0.3, -0.25) is 4.79 Å². The van der Waals surface area contributed by atoms with E-state index in [1.165, 1.54) is 4.68 Å². The summed E-state index contributed by atoms with van der Waals surface area (Å²) in [5.41, 5.74) is 2.71. The molecule has 0 atom stereocenters. The maximum Gasteiger partial charge on any atom is 0.282 e. The minimum absolute atomic E-state index is 0.291. The largest absolute Gasteiger partial charge is 0.487 e. The molecule has 0 radical (unpaired) electrons. The first-order valence-electron chi connectivity index (χ1n) is 12.0. The molecule has 0 fully saturated rings. The third kappa shape index (κ3) is 5.63. The third-order valence-electron chi connectivity index (χ3n) is 6.09. The Labute approximate surface area is 265 Å². The van der Waals surface area contributed by atoms with Gasteiger partial charge in [-0.1, -0.05) is 47.5 Å². The van der Waals surface area contributed by atoms with Gasteiger partial charge in [0.1, 0.15) is 17.9 Å². The molecule has 4 aromatic carbocycles. The monoisotopic (exact) mass is 791 g/mol. The summed E-state index contributed by atoms with van der Waals surface area (Å²) in [6.45, 7) is 0.417. The Kier molecular flexibility index (Phi) is 7.84. The fourth-order valence-corrected chi connectivity index (χ4v) is 6.60. The average molecular weight is 792 g/mol. The lowest BCUT2D eigenvalue weighted by molar-refractivity contribution is 0.302. The molecule has 0 saturated heterocycles. The highest BCUT2D eigenvalue weighted by Crippen LogP contribution is 2.31. The van der Waals surface area contributed by atoms with Crippen LogP contribution in [-0.2, 0) is 6.61 Å². The van der Waals surface area contributed by atoms with E-state index in [0.717, 1.165) is 29.4 Å². The summed E-state index contributed by atoms with van der Waals surface area (Å²) < 4.78 is 15.3. The van der Waals surface area contributed by atoms with Crippen LogP contribution in [0, 0.1) is 7.14 Å². The maximum absolute atomic E-state index is 13.6. The predicted octanol–water partition coefficient (Wildman–Crippen LogP) is 8.79. The Hall–Kier alpha value is -2.93. The number of aromatic nitrogens is 2. The van der Waals surface area contributed by atoms with Crippen molar-refractivity contribution in [3.05, 3.63) is 124 Å². The van der Waals surface area contributed by atoms with Crippen LogP contribution in [0.5, 0.6) is 5.75 Å². The molecule has 0 aliphatic carbocycles. The van der Waals surface area contributed by atoms with Crippen LogP contribution in [0.2, 0.25) is 10.0 Å². The van der Waals surface area contributed by atoms with Crippen LogP contribution in [0.25, 0.3) is 33.5 Å². The second-order valence-electron chi connectivity index (χ2n) is 8.84. The van der Waals surface area contributed by atoms with E-state index >= 15 is 0 Å². The molecule has 0 N–H and O–H groups in total. The molecule has 0 bridgehead atoms. The topological polar surface area (TPSA) is 69.6 Å². The molecular formula is C30H17Cl2I2N3O3. The number of nitrogens with zero attached hydrogens (tertiary/aromatic N) is 3. The van der Waals surface area contributed by atoms with Crippen molar-refractivity contribution < 1.29 is 9.15 Å². The molecule has 0 spiro atoms. The Morgan fingerprint density at radius 3 is 2.42 bits per heavy atom. The molecule has 0 aliphatic heterocycles. The molecule has 0 unspecified atom stereocenters. The summed E-state index contributed by atoms with van der Waals surface area (Å²) in [4.78, 5) is 18.3. The van der Waals surface area contributed by atoms with E-state index in [0.29, 0.717) is 44.7 Å². The molecule has 0 aliphatic rings. The number of para-hydroxylation sites is 1. The molecular weight excluding hydrogens is 775 g/mol. The highest BCUT2D eigenvalue weighted by Gasteiger charge is 2.17. The van der Waals surface area contributed by atoms with Gasteiger partial charge in [0, 0.05) is 15.4 Å². The molecule has 6 nitrogen and oxygen atoms in total. The van der Waals surface area contributed by atoms with Crippen molar-refractivity contribution in [2.24, 2.45) is 5.10 Å². The normalized spacial score (nSPS) is 11.6. The highest BCUT2D eigenvalue weighted by molar-refractivity contribution is 14.1. The standard InChI is InChI=1S/C30H17Cl2I2N3O3/c31-20-7-5-17(6-8-20)16-39-28-23(33)11-18(12-24(28)34)15-35-37-29(36-25-4-2-1-3-22(25)30(37)38)27-14-19-13-21(32)9-10-26(19)40-27/h1-15H,16H2. The van der Waals surface area contributed by atoms with Gasteiger partial charge in [-0.15, -0.1) is 0 Å². The minimum Gasteiger partial charge on any atom is -0.487 e. The fourth-order valence-electron chi connectivity index (χ4n) is 4.17. The van der Waals surface area contributed by atoms with Gasteiger partial charge in [-0.2, -0.15) is 9.78 Å². The number of benzene rings is 4. The van der Waals surface area contributed by atoms with E-state index in [2.05, 4.69) is 50.3 Å². The molecule has 0 amide bonds. The van der Waals surface area contributed by atoms with Gasteiger partial charge >= 0.3 is 0 Å². The van der Waals surface area contributed by atoms with Crippen molar-refractivity contribution in [3.63, 3.8) is 0 Å². The van der Waals surface area contributed by atoms with E-state index < -0.39 is 0 Å². The van der Waals surface area contributed by atoms with E-state index in [4.69, 9.17) is 37.3 Å². The van der Waals surface area contributed by atoms with Crippen LogP contribution in [0.15, 0.2) is 99.2 Å². The van der Waals surface area contributed by atoms with E-state index in [1.54, 1.807) is 42.6 Å². The van der Waals surface area contributed by atoms with Gasteiger partial charge in [-0.25, -0.2) is 4.98 Å². The van der Waals surface area contributed by atoms with Gasteiger partial charge in [0.2, 0.25) is 5.82 Å². The number of hydrogen-bond acceptors (Lipinski definition) is 5. The Bertz CT molecular complexity index is 1960. The van der Waals surface area contributed by atoms with Gasteiger partial charge in [0.05, 0.1) is 24.3 Å². The molecule has 10 heteroatoms. The number of halogens is 4. The van der Waals surface area contributed by atoms with Crippen LogP contribution in [0.4, 0.5) is 0 Å². The minimum atomic E-state index is -0.303. The summed E-state index contributed by atoms with van der Waals surface area (Å²) >= 11 is 16.6. The Morgan fingerprint density at radius 2 is 1.65 bits per heavy atom. The molecule has 6 aromatic rings. The van der Waals surface area contributed by atoms with Crippen molar-refractivity contribution in [1.82, 2.24) is 9.66 Å². The number of hydrogen-bond donors (Lipinski definition) is 0. The van der Waals surface area contributed by atoms with Crippen LogP contribution < -0.4 is 10.3 Å². The van der Waals surface area contributed by atoms with E-state index in [9.17, 15) is 4.79 Å². The number of fused-ring (bicyclic) bond motifs is 2. The first kappa shape index (κ1) is 27.3. The predicted molar refractivity (Wildman–Crippen MR) is 177 cm³/mol. The first-order valence-corrected chi connectivity index (χ1v) is 14.9. The zero-order valence-electron chi connectivity index (χ0n) is 20.4. The molecule has 6 rings (SSSR count). The van der Waals surface area contributed by atoms with Gasteiger partial charge in [0.25, 0.3) is 5.56 Å². The van der Waals surface area contributed by atoms with Crippen molar-refractivity contribution >= 4 is 96.5 Å². The van der Waals surface area contributed by atoms with Crippen LogP contribution in [0.1, 0.15) is 11.1 Å². The molecule has 198 valence electrons. The Balaban J connectivity index is 1.37. The van der Waals surface area contributed by atoms with Crippen molar-refractivity contribution in [1.29, 1.82) is 0 Å². The summed E-state index contributed by atoms with van der Waals surface area (Å²) in [5.74, 6) is 1.48. The molecule has 2 aromatic heterocycles. The number of rotatable bonds is 6. The van der Waals surface area contributed by atoms with Crippen molar-refractivity contribution in [2.45, 2.75) is 6.61 Å². The quantitative estimate of drug-likeness (QED) is 0.125. The summed E-state index contributed by atoms with van der Waals surface area (Å²) in [5, 5.41) is 7.11. The summed E-state index contributed by atoms with van der Waals surface area (Å²) in [6, 6.07) is 25.8. The molecule has 0 saturated carbocycles. The lowest BCUT2D eigenvalue weighted by Crippen LogP contribution is -2.20. The number of furan rings is 1. The van der Waals surface area contributed by atoms with Crippen molar-refractivity contribution in [2.75, 3.05) is 0 Å². The average Bonchev–Trinajstić information content (AvgIpc) is 3.36. The van der Waals surface area contributed by atoms with Gasteiger partial charge in [-0.05, 0) is 117 Å². The lowest BCUT2D eigenvalue weighted by atomic mass is 10.2. The van der Waals surface area contributed by atoms with E-state index in [1.807, 2.05) is 48.5 Å². The van der Waals surface area contributed by atoms with Crippen molar-refractivity contribution in [3.8, 4) is 17.3 Å². The zero-order chi connectivity index (χ0) is 27.8. The highest BCUT2D eigenvalue weighted by atomic mass is 127. The second kappa shape index (κ2) is 11.5. The van der Waals surface area contributed by atoms with Gasteiger partial charge < -0.3 is 9.15 Å². The number of ether oxygens (including phenoxy) is 1. The van der Waals surface area contributed by atoms with E-state index in [-0.39, 0.29) is 5.56 Å². The first-order chi connectivity index (χ1) is 19.4. The van der Waals surface area contributed by atoms with Crippen LogP contribution >= 0.6 is 68.4 Å². The maximum atomic E-state index is 13.6. The Morgan fingerprint density at radius 1 is 0.925 bits per heavy atom. The lowest BCUT2D eigenvalue weighted by Gasteiger charge is -2.12. The smallest absolute Gasteiger partial charge is 0.282 e. The van der Waals surface area contributed by atoms with Crippen LogP contribution in [0.3, 0.4) is 0 Å². The summed E-state index contributed by atoms with van der Waals surface area (Å²) in [7, 11) is 0. The SMILES string of the molecule is O=c1c2ccccc2nc(-c2cc3cc(Cl)ccc3o2)n1N=Cc1cc(I)c(OCc2ccc(Cl)cc2)c(I)c1. The van der Waals surface area contributed by atoms with Gasteiger partial charge in [0.15, 0.2) is 5.76 Å². The molecule has 40 heavy (non-hydrogen) atoms.